The van der Waals surface area contributed by atoms with Gasteiger partial charge in [-0.2, -0.15) is 13.2 Å². The maximum absolute atomic E-state index is 12.2. The number of carbonyl (C=O) groups is 1. The maximum atomic E-state index is 12.2. The number of fused-ring (bicyclic) bond motifs is 1. The summed E-state index contributed by atoms with van der Waals surface area (Å²) in [5, 5.41) is 0. The van der Waals surface area contributed by atoms with Crippen molar-refractivity contribution in [3.63, 3.8) is 0 Å². The Morgan fingerprint density at radius 2 is 2.06 bits per heavy atom. The van der Waals surface area contributed by atoms with Gasteiger partial charge in [0.15, 0.2) is 0 Å². The largest absolute Gasteiger partial charge is 0.482 e. The van der Waals surface area contributed by atoms with Crippen LogP contribution in [0.5, 0.6) is 5.75 Å². The van der Waals surface area contributed by atoms with Gasteiger partial charge in [0.2, 0.25) is 0 Å². The van der Waals surface area contributed by atoms with Crippen LogP contribution in [0.1, 0.15) is 28.4 Å². The van der Waals surface area contributed by atoms with Crippen LogP contribution < -0.4 is 4.74 Å². The second kappa shape index (κ2) is 3.60. The van der Waals surface area contributed by atoms with Gasteiger partial charge >= 0.3 is 6.18 Å². The number of alkyl halides is 3. The molecule has 0 aliphatic carbocycles. The molecule has 1 aliphatic heterocycles. The Kier molecular flexibility index (Phi) is 2.57. The lowest BCUT2D eigenvalue weighted by Crippen LogP contribution is -2.26. The van der Waals surface area contributed by atoms with Gasteiger partial charge < -0.3 is 4.74 Å². The van der Waals surface area contributed by atoms with Crippen molar-refractivity contribution in [2.24, 2.45) is 0 Å². The molecule has 92 valence electrons. The average Bonchev–Trinajstić information content (AvgIpc) is 2.55. The molecule has 6 heteroatoms. The van der Waals surface area contributed by atoms with E-state index in [0.717, 1.165) is 17.4 Å². The summed E-state index contributed by atoms with van der Waals surface area (Å²) in [5.74, 6) is -1.50. The molecule has 0 atom stereocenters. The second-order valence-corrected chi connectivity index (χ2v) is 5.29. The molecule has 2 heterocycles. The van der Waals surface area contributed by atoms with Gasteiger partial charge in [0, 0.05) is 6.07 Å². The van der Waals surface area contributed by atoms with Crippen molar-refractivity contribution in [3.8, 4) is 5.75 Å². The zero-order valence-electron chi connectivity index (χ0n) is 9.09. The van der Waals surface area contributed by atoms with Crippen molar-refractivity contribution in [1.82, 2.24) is 0 Å². The molecule has 1 aliphatic rings. The molecule has 0 N–H and O–H groups in total. The first-order valence-corrected chi connectivity index (χ1v) is 5.64. The number of carbonyl (C=O) groups excluding carboxylic acids is 1. The predicted molar refractivity (Wildman–Crippen MR) is 58.4 cm³/mol. The molecule has 0 unspecified atom stereocenters. The molecule has 2 nitrogen and oxygen atoms in total. The van der Waals surface area contributed by atoms with Crippen LogP contribution in [0.4, 0.5) is 13.2 Å². The van der Waals surface area contributed by atoms with Gasteiger partial charge in [0.1, 0.15) is 11.4 Å². The summed E-state index contributed by atoms with van der Waals surface area (Å²) in [6.45, 7) is 3.57. The van der Waals surface area contributed by atoms with Crippen molar-refractivity contribution in [2.75, 3.05) is 0 Å². The topological polar surface area (TPSA) is 26.3 Å². The maximum Gasteiger partial charge on any atom is 0.455 e. The molecular formula is C11H9F3O2S. The Hall–Kier alpha value is -1.30. The molecule has 0 fully saturated rings. The summed E-state index contributed by atoms with van der Waals surface area (Å²) in [6, 6.07) is 1.15. The SMILES string of the molecule is CC1(C)C=Cc2sc(C(=O)C(F)(F)F)cc2O1. The molecule has 0 aromatic carbocycles. The zero-order chi connectivity index (χ0) is 12.8. The number of hydrogen-bond acceptors (Lipinski definition) is 3. The summed E-state index contributed by atoms with van der Waals surface area (Å²) in [6.07, 6.45) is -1.42. The minimum absolute atomic E-state index is 0.329. The van der Waals surface area contributed by atoms with Crippen LogP contribution in [0, 0.1) is 0 Å². The van der Waals surface area contributed by atoms with Crippen LogP contribution in [0.15, 0.2) is 12.1 Å². The summed E-state index contributed by atoms with van der Waals surface area (Å²) in [4.78, 5) is 11.2. The van der Waals surface area contributed by atoms with E-state index in [2.05, 4.69) is 0 Å². The third-order valence-electron chi connectivity index (χ3n) is 2.22. The lowest BCUT2D eigenvalue weighted by molar-refractivity contribution is -0.0882. The van der Waals surface area contributed by atoms with Crippen molar-refractivity contribution >= 4 is 23.2 Å². The Morgan fingerprint density at radius 3 is 2.65 bits per heavy atom. The number of ketones is 1. The summed E-state index contributed by atoms with van der Waals surface area (Å²) >= 11 is 0.790. The standard InChI is InChI=1S/C11H9F3O2S/c1-10(2)4-3-7-6(16-10)5-8(17-7)9(15)11(12,13)14/h3-5H,1-2H3. The third kappa shape index (κ3) is 2.36. The van der Waals surface area contributed by atoms with Crippen LogP contribution in [-0.4, -0.2) is 17.6 Å². The van der Waals surface area contributed by atoms with Gasteiger partial charge in [-0.15, -0.1) is 11.3 Å². The average molecular weight is 262 g/mol. The molecule has 0 radical (unpaired) electrons. The van der Waals surface area contributed by atoms with Gasteiger partial charge in [-0.3, -0.25) is 4.79 Å². The summed E-state index contributed by atoms with van der Waals surface area (Å²) < 4.78 is 42.2. The van der Waals surface area contributed by atoms with Gasteiger partial charge in [-0.05, 0) is 26.0 Å². The Labute approximate surface area is 99.7 Å². The highest BCUT2D eigenvalue weighted by Gasteiger charge is 2.41. The molecule has 2 rings (SSSR count). The van der Waals surface area contributed by atoms with E-state index in [4.69, 9.17) is 4.74 Å². The van der Waals surface area contributed by atoms with E-state index in [1.54, 1.807) is 26.0 Å². The fourth-order valence-corrected chi connectivity index (χ4v) is 2.38. The molecular weight excluding hydrogens is 253 g/mol. The number of ether oxygens (including phenoxy) is 1. The van der Waals surface area contributed by atoms with E-state index < -0.39 is 17.6 Å². The smallest absolute Gasteiger partial charge is 0.455 e. The normalized spacial score (nSPS) is 17.5. The molecule has 0 bridgehead atoms. The molecule has 0 saturated carbocycles. The van der Waals surface area contributed by atoms with Crippen LogP contribution in [0.25, 0.3) is 6.08 Å². The van der Waals surface area contributed by atoms with Crippen LogP contribution in [0.2, 0.25) is 0 Å². The summed E-state index contributed by atoms with van der Waals surface area (Å²) in [5.41, 5.74) is -0.563. The molecule has 17 heavy (non-hydrogen) atoms. The second-order valence-electron chi connectivity index (χ2n) is 4.20. The lowest BCUT2D eigenvalue weighted by Gasteiger charge is -2.25. The Balaban J connectivity index is 2.36. The molecule has 0 spiro atoms. The number of thiophene rings is 1. The predicted octanol–water partition coefficient (Wildman–Crippen LogP) is 3.68. The zero-order valence-corrected chi connectivity index (χ0v) is 9.91. The number of Topliss-reactive ketones (excluding diaryl/α,β-unsaturated/α-hetero) is 1. The van der Waals surface area contributed by atoms with Crippen molar-refractivity contribution in [3.05, 3.63) is 21.9 Å². The fourth-order valence-electron chi connectivity index (χ4n) is 1.43. The summed E-state index contributed by atoms with van der Waals surface area (Å²) in [7, 11) is 0. The minimum Gasteiger partial charge on any atom is -0.482 e. The van der Waals surface area contributed by atoms with Gasteiger partial charge in [0.25, 0.3) is 5.78 Å². The minimum atomic E-state index is -4.84. The van der Waals surface area contributed by atoms with E-state index in [1.165, 1.54) is 0 Å². The molecule has 1 aromatic heterocycles. The molecule has 0 amide bonds. The van der Waals surface area contributed by atoms with Crippen LogP contribution >= 0.6 is 11.3 Å². The van der Waals surface area contributed by atoms with E-state index in [0.29, 0.717) is 10.6 Å². The van der Waals surface area contributed by atoms with E-state index >= 15 is 0 Å². The Bertz CT molecular complexity index is 497. The first-order chi connectivity index (χ1) is 7.69. The van der Waals surface area contributed by atoms with Crippen LogP contribution in [0.3, 0.4) is 0 Å². The highest BCUT2D eigenvalue weighted by atomic mass is 32.1. The highest BCUT2D eigenvalue weighted by Crippen LogP contribution is 2.39. The van der Waals surface area contributed by atoms with Crippen molar-refractivity contribution in [2.45, 2.75) is 25.6 Å². The van der Waals surface area contributed by atoms with Gasteiger partial charge in [0.05, 0.1) is 9.75 Å². The van der Waals surface area contributed by atoms with Crippen molar-refractivity contribution in [1.29, 1.82) is 0 Å². The molecule has 1 aromatic rings. The Morgan fingerprint density at radius 1 is 1.41 bits per heavy atom. The highest BCUT2D eigenvalue weighted by molar-refractivity contribution is 7.15. The number of rotatable bonds is 1. The van der Waals surface area contributed by atoms with Crippen molar-refractivity contribution < 1.29 is 22.7 Å². The van der Waals surface area contributed by atoms with E-state index in [1.807, 2.05) is 0 Å². The number of hydrogen-bond donors (Lipinski definition) is 0. The fraction of sp³-hybridized carbons (Fsp3) is 0.364. The monoisotopic (exact) mass is 262 g/mol. The third-order valence-corrected chi connectivity index (χ3v) is 3.30. The lowest BCUT2D eigenvalue weighted by atomic mass is 10.1. The molecule has 0 saturated heterocycles. The van der Waals surface area contributed by atoms with Gasteiger partial charge in [-0.1, -0.05) is 0 Å². The van der Waals surface area contributed by atoms with Gasteiger partial charge in [-0.25, -0.2) is 0 Å². The van der Waals surface area contributed by atoms with E-state index in [9.17, 15) is 18.0 Å². The first kappa shape index (κ1) is 12.2. The number of halogens is 3. The van der Waals surface area contributed by atoms with E-state index in [-0.39, 0.29) is 4.88 Å². The first-order valence-electron chi connectivity index (χ1n) is 4.83. The quantitative estimate of drug-likeness (QED) is 0.722. The van der Waals surface area contributed by atoms with Crippen LogP contribution in [-0.2, 0) is 0 Å².